The van der Waals surface area contributed by atoms with E-state index in [-0.39, 0.29) is 6.73 Å². The van der Waals surface area contributed by atoms with Crippen LogP contribution >= 0.6 is 0 Å². The third kappa shape index (κ3) is 6.81. The summed E-state index contributed by atoms with van der Waals surface area (Å²) in [5, 5.41) is 15.4. The molecule has 170 valence electrons. The molecule has 0 unspecified atom stereocenters. The van der Waals surface area contributed by atoms with Crippen molar-refractivity contribution in [3.63, 3.8) is 0 Å². The summed E-state index contributed by atoms with van der Waals surface area (Å²) >= 11 is 0. The Hall–Kier alpha value is -1.92. The Morgan fingerprint density at radius 3 is 2.57 bits per heavy atom. The van der Waals surface area contributed by atoms with Crippen LogP contribution in [0.3, 0.4) is 0 Å². The number of anilines is 1. The van der Waals surface area contributed by atoms with Gasteiger partial charge in [0.2, 0.25) is 0 Å². The van der Waals surface area contributed by atoms with Crippen molar-refractivity contribution < 1.29 is 27.8 Å². The number of nitrogens with one attached hydrogen (secondary N) is 1. The minimum atomic E-state index is -4.85. The number of carbonyl (C=O) groups is 1. The Labute approximate surface area is 174 Å². The summed E-state index contributed by atoms with van der Waals surface area (Å²) in [6, 6.07) is 0.385. The van der Waals surface area contributed by atoms with Gasteiger partial charge in [-0.15, -0.1) is 0 Å². The standard InChI is InChI=1S/C18H29F3N4O4Si/c1-12(8-24-9-13(10-24)17(27)28)23-14-7-22-25(11-29-5-6-30(2,3)4)16(26)15(14)18(19,20)21/h7,12-13,23H,5-6,8-11H2,1-4H3,(H,27,28)/t12-/m0/s1. The Morgan fingerprint density at radius 1 is 1.40 bits per heavy atom. The molecule has 1 aliphatic heterocycles. The van der Waals surface area contributed by atoms with Crippen molar-refractivity contribution in [1.29, 1.82) is 0 Å². The first-order valence-electron chi connectivity index (χ1n) is 9.74. The molecular weight excluding hydrogens is 421 g/mol. The molecule has 0 aromatic carbocycles. The molecule has 1 atom stereocenters. The molecule has 2 rings (SSSR count). The normalized spacial score (nSPS) is 16.9. The maximum atomic E-state index is 13.6. The van der Waals surface area contributed by atoms with Gasteiger partial charge >= 0.3 is 12.1 Å². The molecule has 0 spiro atoms. The van der Waals surface area contributed by atoms with E-state index in [1.165, 1.54) is 0 Å². The summed E-state index contributed by atoms with van der Waals surface area (Å²) in [7, 11) is -1.36. The van der Waals surface area contributed by atoms with Crippen LogP contribution in [0.5, 0.6) is 0 Å². The maximum Gasteiger partial charge on any atom is 0.423 e. The highest BCUT2D eigenvalue weighted by atomic mass is 28.3. The van der Waals surface area contributed by atoms with Gasteiger partial charge in [0.1, 0.15) is 12.3 Å². The van der Waals surface area contributed by atoms with Crippen LogP contribution < -0.4 is 10.9 Å². The summed E-state index contributed by atoms with van der Waals surface area (Å²) < 4.78 is 46.8. The van der Waals surface area contributed by atoms with Crippen LogP contribution in [-0.4, -0.2) is 66.1 Å². The van der Waals surface area contributed by atoms with Crippen LogP contribution in [0.15, 0.2) is 11.0 Å². The monoisotopic (exact) mass is 450 g/mol. The van der Waals surface area contributed by atoms with Gasteiger partial charge in [0.25, 0.3) is 5.56 Å². The number of ether oxygens (including phenoxy) is 1. The smallest absolute Gasteiger partial charge is 0.423 e. The van der Waals surface area contributed by atoms with E-state index in [1.807, 2.05) is 4.90 Å². The summed E-state index contributed by atoms with van der Waals surface area (Å²) in [5.41, 5.74) is -2.97. The molecule has 0 aliphatic carbocycles. The van der Waals surface area contributed by atoms with E-state index in [1.54, 1.807) is 6.92 Å². The van der Waals surface area contributed by atoms with E-state index in [2.05, 4.69) is 30.1 Å². The fourth-order valence-corrected chi connectivity index (χ4v) is 3.82. The Bertz CT molecular complexity index is 804. The van der Waals surface area contributed by atoms with Crippen molar-refractivity contribution in [2.45, 2.75) is 51.6 Å². The number of rotatable bonds is 10. The molecule has 1 fully saturated rings. The SMILES string of the molecule is C[C@@H](CN1CC(C(=O)O)C1)Nc1cnn(COCC[Si](C)(C)C)c(=O)c1C(F)(F)F. The van der Waals surface area contributed by atoms with Gasteiger partial charge in [-0.25, -0.2) is 4.68 Å². The Morgan fingerprint density at radius 2 is 2.03 bits per heavy atom. The third-order valence-electron chi connectivity index (χ3n) is 4.78. The minimum absolute atomic E-state index is 0.341. The number of nitrogens with zero attached hydrogens (tertiary/aromatic N) is 3. The lowest BCUT2D eigenvalue weighted by molar-refractivity contribution is -0.147. The predicted molar refractivity (Wildman–Crippen MR) is 108 cm³/mol. The minimum Gasteiger partial charge on any atom is -0.481 e. The van der Waals surface area contributed by atoms with E-state index < -0.39 is 49.0 Å². The van der Waals surface area contributed by atoms with Crippen molar-refractivity contribution in [3.05, 3.63) is 22.1 Å². The molecule has 0 bridgehead atoms. The summed E-state index contributed by atoms with van der Waals surface area (Å²) in [4.78, 5) is 25.1. The number of hydrogen-bond donors (Lipinski definition) is 2. The topological polar surface area (TPSA) is 96.7 Å². The van der Waals surface area contributed by atoms with E-state index in [4.69, 9.17) is 9.84 Å². The van der Waals surface area contributed by atoms with Crippen LogP contribution in [0, 0.1) is 5.92 Å². The van der Waals surface area contributed by atoms with Gasteiger partial charge in [-0.1, -0.05) is 19.6 Å². The molecule has 30 heavy (non-hydrogen) atoms. The molecule has 0 amide bonds. The predicted octanol–water partition coefficient (Wildman–Crippen LogP) is 2.39. The van der Waals surface area contributed by atoms with Crippen LogP contribution in [0.1, 0.15) is 12.5 Å². The number of hydrogen-bond acceptors (Lipinski definition) is 6. The highest BCUT2D eigenvalue weighted by molar-refractivity contribution is 6.76. The number of likely N-dealkylation sites (tertiary alicyclic amines) is 1. The van der Waals surface area contributed by atoms with Gasteiger partial charge in [0.05, 0.1) is 17.8 Å². The molecule has 2 heterocycles. The van der Waals surface area contributed by atoms with Crippen molar-refractivity contribution in [2.75, 3.05) is 31.6 Å². The van der Waals surface area contributed by atoms with Gasteiger partial charge in [-0.3, -0.25) is 14.5 Å². The van der Waals surface area contributed by atoms with E-state index >= 15 is 0 Å². The van der Waals surface area contributed by atoms with Gasteiger partial charge in [-0.05, 0) is 13.0 Å². The molecule has 12 heteroatoms. The third-order valence-corrected chi connectivity index (χ3v) is 6.48. The molecule has 1 saturated heterocycles. The zero-order valence-corrected chi connectivity index (χ0v) is 18.6. The maximum absolute atomic E-state index is 13.6. The molecule has 1 aromatic heterocycles. The molecule has 0 radical (unpaired) electrons. The first kappa shape index (κ1) is 24.3. The van der Waals surface area contributed by atoms with Gasteiger partial charge in [-0.2, -0.15) is 18.3 Å². The number of carboxylic acids is 1. The zero-order valence-electron chi connectivity index (χ0n) is 17.6. The van der Waals surface area contributed by atoms with Gasteiger partial charge < -0.3 is 15.2 Å². The first-order valence-corrected chi connectivity index (χ1v) is 13.5. The van der Waals surface area contributed by atoms with Crippen LogP contribution in [-0.2, 0) is 22.4 Å². The molecular formula is C18H29F3N4O4Si. The fourth-order valence-electron chi connectivity index (χ4n) is 3.07. The summed E-state index contributed by atoms with van der Waals surface area (Å²) in [5.74, 6) is -1.33. The second-order valence-corrected chi connectivity index (χ2v) is 14.5. The zero-order chi connectivity index (χ0) is 22.7. The van der Waals surface area contributed by atoms with Crippen LogP contribution in [0.4, 0.5) is 18.9 Å². The largest absolute Gasteiger partial charge is 0.481 e. The summed E-state index contributed by atoms with van der Waals surface area (Å²) in [6.45, 7) is 9.17. The van der Waals surface area contributed by atoms with E-state index in [0.717, 1.165) is 12.2 Å². The quantitative estimate of drug-likeness (QED) is 0.417. The second-order valence-electron chi connectivity index (χ2n) is 8.88. The number of aliphatic carboxylic acids is 1. The molecule has 2 N–H and O–H groups in total. The fraction of sp³-hybridized carbons (Fsp3) is 0.722. The first-order chi connectivity index (χ1) is 13.8. The Balaban J connectivity index is 2.05. The van der Waals surface area contributed by atoms with E-state index in [0.29, 0.717) is 30.9 Å². The number of halogens is 3. The van der Waals surface area contributed by atoms with Crippen LogP contribution in [0.2, 0.25) is 25.7 Å². The van der Waals surface area contributed by atoms with Crippen LogP contribution in [0.25, 0.3) is 0 Å². The molecule has 0 saturated carbocycles. The number of alkyl halides is 3. The second kappa shape index (κ2) is 9.48. The lowest BCUT2D eigenvalue weighted by atomic mass is 10.00. The lowest BCUT2D eigenvalue weighted by Gasteiger charge is -2.38. The highest BCUT2D eigenvalue weighted by Crippen LogP contribution is 2.32. The number of carboxylic acid groups (broad SMARTS) is 1. The average molecular weight is 451 g/mol. The molecule has 8 nitrogen and oxygen atoms in total. The molecule has 1 aliphatic rings. The van der Waals surface area contributed by atoms with E-state index in [9.17, 15) is 22.8 Å². The van der Waals surface area contributed by atoms with Gasteiger partial charge in [0.15, 0.2) is 0 Å². The van der Waals surface area contributed by atoms with Crippen molar-refractivity contribution in [3.8, 4) is 0 Å². The Kier molecular flexibility index (Phi) is 7.69. The van der Waals surface area contributed by atoms with Crippen molar-refractivity contribution in [2.24, 2.45) is 5.92 Å². The van der Waals surface area contributed by atoms with Crippen molar-refractivity contribution >= 4 is 19.7 Å². The summed E-state index contributed by atoms with van der Waals surface area (Å²) in [6.07, 6.45) is -3.87. The average Bonchev–Trinajstić information content (AvgIpc) is 2.53. The molecule has 1 aromatic rings. The van der Waals surface area contributed by atoms with Gasteiger partial charge in [0, 0.05) is 40.4 Å². The van der Waals surface area contributed by atoms with Crippen molar-refractivity contribution in [1.82, 2.24) is 14.7 Å². The highest BCUT2D eigenvalue weighted by Gasteiger charge is 2.39. The number of aromatic nitrogens is 2. The lowest BCUT2D eigenvalue weighted by Crippen LogP contribution is -2.53.